The fourth-order valence-corrected chi connectivity index (χ4v) is 2.18. The van der Waals surface area contributed by atoms with Crippen LogP contribution < -0.4 is 5.56 Å². The lowest BCUT2D eigenvalue weighted by Crippen LogP contribution is -2.04. The van der Waals surface area contributed by atoms with Gasteiger partial charge in [-0.25, -0.2) is 0 Å². The number of aromatic amines is 1. The largest absolute Gasteiger partial charge is 0.350 e. The predicted molar refractivity (Wildman–Crippen MR) is 70.4 cm³/mol. The van der Waals surface area contributed by atoms with Crippen molar-refractivity contribution in [2.45, 2.75) is 19.9 Å². The number of H-pyrrole nitrogens is 1. The molecule has 3 rings (SSSR count). The van der Waals surface area contributed by atoms with Crippen LogP contribution in [0.25, 0.3) is 21.7 Å². The van der Waals surface area contributed by atoms with Crippen molar-refractivity contribution in [3.05, 3.63) is 47.0 Å². The Labute approximate surface area is 98.7 Å². The Morgan fingerprint density at radius 3 is 2.53 bits per heavy atom. The van der Waals surface area contributed by atoms with Gasteiger partial charge in [-0.05, 0) is 19.9 Å². The van der Waals surface area contributed by atoms with Gasteiger partial charge >= 0.3 is 0 Å². The maximum absolute atomic E-state index is 12.0. The molecule has 1 N–H and O–H groups in total. The molecule has 3 heteroatoms. The molecule has 3 aromatic rings. The first-order chi connectivity index (χ1) is 8.16. The summed E-state index contributed by atoms with van der Waals surface area (Å²) in [6, 6.07) is 8.26. The van der Waals surface area contributed by atoms with Gasteiger partial charge in [0.15, 0.2) is 0 Å². The maximum Gasteiger partial charge on any atom is 0.257 e. The highest BCUT2D eigenvalue weighted by atomic mass is 16.1. The van der Waals surface area contributed by atoms with E-state index in [1.807, 2.05) is 30.5 Å². The highest BCUT2D eigenvalue weighted by Crippen LogP contribution is 2.23. The number of nitrogens with one attached hydrogen (secondary N) is 1. The number of nitrogens with zero attached hydrogens (tertiary/aromatic N) is 1. The van der Waals surface area contributed by atoms with E-state index in [0.717, 1.165) is 21.7 Å². The second-order valence-corrected chi connectivity index (χ2v) is 4.63. The first-order valence-corrected chi connectivity index (χ1v) is 5.79. The maximum atomic E-state index is 12.0. The zero-order valence-corrected chi connectivity index (χ0v) is 9.90. The molecule has 0 amide bonds. The van der Waals surface area contributed by atoms with Crippen molar-refractivity contribution in [1.29, 1.82) is 0 Å². The minimum absolute atomic E-state index is 0.0156. The van der Waals surface area contributed by atoms with Crippen molar-refractivity contribution in [3.63, 3.8) is 0 Å². The minimum atomic E-state index is -0.0156. The van der Waals surface area contributed by atoms with Crippen molar-refractivity contribution < 1.29 is 0 Å². The molecule has 0 radical (unpaired) electrons. The molecule has 0 fully saturated rings. The van der Waals surface area contributed by atoms with E-state index in [0.29, 0.717) is 6.04 Å². The van der Waals surface area contributed by atoms with E-state index < -0.39 is 0 Å². The van der Waals surface area contributed by atoms with E-state index in [1.54, 1.807) is 0 Å². The molecule has 0 aliphatic rings. The third kappa shape index (κ3) is 1.46. The number of para-hydroxylation sites is 1. The van der Waals surface area contributed by atoms with Gasteiger partial charge < -0.3 is 9.55 Å². The van der Waals surface area contributed by atoms with E-state index in [-0.39, 0.29) is 5.56 Å². The predicted octanol–water partition coefficient (Wildman–Crippen LogP) is 3.06. The highest BCUT2D eigenvalue weighted by Gasteiger charge is 2.08. The number of benzene rings is 1. The molecular formula is C14H14N2O. The summed E-state index contributed by atoms with van der Waals surface area (Å²) in [4.78, 5) is 14.9. The van der Waals surface area contributed by atoms with Crippen LogP contribution in [0.1, 0.15) is 19.9 Å². The van der Waals surface area contributed by atoms with Crippen LogP contribution in [0.15, 0.2) is 41.5 Å². The van der Waals surface area contributed by atoms with Gasteiger partial charge in [0, 0.05) is 34.7 Å². The van der Waals surface area contributed by atoms with Crippen LogP contribution in [0.4, 0.5) is 0 Å². The molecule has 0 atom stereocenters. The number of rotatable bonds is 1. The molecule has 0 bridgehead atoms. The Hall–Kier alpha value is -2.03. The van der Waals surface area contributed by atoms with Gasteiger partial charge in [0.1, 0.15) is 0 Å². The third-order valence-corrected chi connectivity index (χ3v) is 3.15. The topological polar surface area (TPSA) is 37.8 Å². The van der Waals surface area contributed by atoms with Gasteiger partial charge in [-0.2, -0.15) is 0 Å². The molecule has 0 aliphatic carbocycles. The van der Waals surface area contributed by atoms with Crippen LogP contribution in [0.2, 0.25) is 0 Å². The third-order valence-electron chi connectivity index (χ3n) is 3.15. The van der Waals surface area contributed by atoms with Gasteiger partial charge in [-0.15, -0.1) is 0 Å². The van der Waals surface area contributed by atoms with Crippen molar-refractivity contribution in [2.75, 3.05) is 0 Å². The molecule has 0 saturated heterocycles. The molecule has 0 aliphatic heterocycles. The van der Waals surface area contributed by atoms with Gasteiger partial charge in [0.25, 0.3) is 5.56 Å². The Morgan fingerprint density at radius 1 is 1.06 bits per heavy atom. The number of fused-ring (bicyclic) bond motifs is 3. The Balaban J connectivity index is 2.51. The fraction of sp³-hybridized carbons (Fsp3) is 0.214. The number of hydrogen-bond donors (Lipinski definition) is 1. The van der Waals surface area contributed by atoms with Crippen molar-refractivity contribution >= 4 is 21.7 Å². The highest BCUT2D eigenvalue weighted by molar-refractivity contribution is 6.05. The first-order valence-electron chi connectivity index (χ1n) is 5.79. The lowest BCUT2D eigenvalue weighted by Gasteiger charge is -2.04. The summed E-state index contributed by atoms with van der Waals surface area (Å²) in [6.07, 6.45) is 3.98. The summed E-state index contributed by atoms with van der Waals surface area (Å²) < 4.78 is 2.08. The quantitative estimate of drug-likeness (QED) is 0.680. The Bertz CT molecular complexity index is 750. The van der Waals surface area contributed by atoms with Gasteiger partial charge in [0.05, 0.1) is 5.39 Å². The molecule has 0 unspecified atom stereocenters. The zero-order chi connectivity index (χ0) is 12.0. The molecule has 0 spiro atoms. The average Bonchev–Trinajstić information content (AvgIpc) is 2.75. The standard InChI is InChI=1S/C14H14N2O/c1-9(2)16-7-11-10-5-3-4-6-13(10)15-14(17)12(11)8-16/h3-9H,1-2H3,(H,15,17). The summed E-state index contributed by atoms with van der Waals surface area (Å²) in [6.45, 7) is 4.21. The lowest BCUT2D eigenvalue weighted by molar-refractivity contribution is 0.606. The molecule has 86 valence electrons. The van der Waals surface area contributed by atoms with E-state index in [2.05, 4.69) is 29.6 Å². The van der Waals surface area contributed by atoms with Gasteiger partial charge in [0.2, 0.25) is 0 Å². The molecular weight excluding hydrogens is 212 g/mol. The fourth-order valence-electron chi connectivity index (χ4n) is 2.18. The lowest BCUT2D eigenvalue weighted by atomic mass is 10.1. The van der Waals surface area contributed by atoms with E-state index in [9.17, 15) is 4.79 Å². The van der Waals surface area contributed by atoms with Crippen LogP contribution in [0, 0.1) is 0 Å². The van der Waals surface area contributed by atoms with Crippen LogP contribution >= 0.6 is 0 Å². The zero-order valence-electron chi connectivity index (χ0n) is 9.90. The van der Waals surface area contributed by atoms with Crippen LogP contribution in [-0.4, -0.2) is 9.55 Å². The molecule has 2 aromatic heterocycles. The van der Waals surface area contributed by atoms with Crippen LogP contribution in [0.3, 0.4) is 0 Å². The average molecular weight is 226 g/mol. The Kier molecular flexibility index (Phi) is 2.08. The second-order valence-electron chi connectivity index (χ2n) is 4.63. The summed E-state index contributed by atoms with van der Waals surface area (Å²) in [5, 5.41) is 2.89. The molecule has 0 saturated carbocycles. The number of pyridine rings is 1. The van der Waals surface area contributed by atoms with Crippen molar-refractivity contribution in [3.8, 4) is 0 Å². The van der Waals surface area contributed by atoms with Gasteiger partial charge in [-0.3, -0.25) is 4.79 Å². The number of aromatic nitrogens is 2. The van der Waals surface area contributed by atoms with E-state index in [1.165, 1.54) is 0 Å². The molecule has 3 nitrogen and oxygen atoms in total. The van der Waals surface area contributed by atoms with Crippen molar-refractivity contribution in [1.82, 2.24) is 9.55 Å². The summed E-state index contributed by atoms with van der Waals surface area (Å²) >= 11 is 0. The van der Waals surface area contributed by atoms with Gasteiger partial charge in [-0.1, -0.05) is 18.2 Å². The second kappa shape index (κ2) is 3.48. The monoisotopic (exact) mass is 226 g/mol. The summed E-state index contributed by atoms with van der Waals surface area (Å²) in [5.41, 5.74) is 0.879. The molecule has 2 heterocycles. The number of hydrogen-bond acceptors (Lipinski definition) is 1. The minimum Gasteiger partial charge on any atom is -0.350 e. The van der Waals surface area contributed by atoms with Crippen molar-refractivity contribution in [2.24, 2.45) is 0 Å². The summed E-state index contributed by atoms with van der Waals surface area (Å²) in [7, 11) is 0. The van der Waals surface area contributed by atoms with E-state index in [4.69, 9.17) is 0 Å². The van der Waals surface area contributed by atoms with Crippen LogP contribution in [0.5, 0.6) is 0 Å². The smallest absolute Gasteiger partial charge is 0.257 e. The normalized spacial score (nSPS) is 11.7. The SMILES string of the molecule is CC(C)n1cc2c(=O)[nH]c3ccccc3c2c1. The van der Waals surface area contributed by atoms with E-state index >= 15 is 0 Å². The molecule has 17 heavy (non-hydrogen) atoms. The first kappa shape index (κ1) is 10.1. The Morgan fingerprint density at radius 2 is 1.76 bits per heavy atom. The van der Waals surface area contributed by atoms with Crippen LogP contribution in [-0.2, 0) is 0 Å². The molecule has 1 aromatic carbocycles. The summed E-state index contributed by atoms with van der Waals surface area (Å²) in [5.74, 6) is 0.